The monoisotopic (exact) mass is 517 g/mol. The number of hydrogen-bond acceptors (Lipinski definition) is 3. The van der Waals surface area contributed by atoms with Gasteiger partial charge in [-0.3, -0.25) is 0 Å². The molecule has 1 unspecified atom stereocenters. The van der Waals surface area contributed by atoms with E-state index in [0.29, 0.717) is 12.6 Å². The number of benzene rings is 3. The van der Waals surface area contributed by atoms with Crippen molar-refractivity contribution in [1.82, 2.24) is 4.90 Å². The molecule has 3 rings (SSSR count). The average molecular weight is 518 g/mol. The number of nitrogens with zero attached hydrogens (tertiary/aromatic N) is 2. The summed E-state index contributed by atoms with van der Waals surface area (Å²) in [6, 6.07) is 29.7. The zero-order chi connectivity index (χ0) is 27.1. The number of rotatable bonds is 18. The third-order valence-corrected chi connectivity index (χ3v) is 7.21. The summed E-state index contributed by atoms with van der Waals surface area (Å²) in [5, 5.41) is 0. The molecule has 0 N–H and O–H groups in total. The second kappa shape index (κ2) is 16.2. The van der Waals surface area contributed by atoms with Gasteiger partial charge in [-0.15, -0.1) is 0 Å². The predicted octanol–water partition coefficient (Wildman–Crippen LogP) is 7.23. The van der Waals surface area contributed by atoms with Gasteiger partial charge in [0.2, 0.25) is 0 Å². The third-order valence-electron chi connectivity index (χ3n) is 7.21. The smallest absolute Gasteiger partial charge is 0.120 e. The maximum atomic E-state index is 5.93. The molecule has 0 spiro atoms. The Bertz CT molecular complexity index is 1000. The van der Waals surface area contributed by atoms with Crippen LogP contribution in [0.5, 0.6) is 11.5 Å². The van der Waals surface area contributed by atoms with Crippen molar-refractivity contribution < 1.29 is 14.0 Å². The van der Waals surface area contributed by atoms with Crippen LogP contribution in [0.3, 0.4) is 0 Å². The van der Waals surface area contributed by atoms with Gasteiger partial charge >= 0.3 is 0 Å². The molecule has 3 aromatic carbocycles. The molecule has 0 bridgehead atoms. The van der Waals surface area contributed by atoms with E-state index in [-0.39, 0.29) is 0 Å². The van der Waals surface area contributed by atoms with Crippen molar-refractivity contribution in [2.45, 2.75) is 57.6 Å². The molecule has 0 aliphatic heterocycles. The van der Waals surface area contributed by atoms with Crippen LogP contribution in [0, 0.1) is 0 Å². The van der Waals surface area contributed by atoms with Crippen molar-refractivity contribution in [3.8, 4) is 11.5 Å². The van der Waals surface area contributed by atoms with Crippen LogP contribution in [0.25, 0.3) is 0 Å². The van der Waals surface area contributed by atoms with Gasteiger partial charge in [-0.05, 0) is 61.8 Å². The van der Waals surface area contributed by atoms with E-state index < -0.39 is 0 Å². The zero-order valence-electron chi connectivity index (χ0n) is 24.1. The predicted molar refractivity (Wildman–Crippen MR) is 160 cm³/mol. The SMILES string of the molecule is CN(CCCCCCCCOc1ccc(OCc2ccccc2)cc1)CC(Cc1ccccc1)[N+](C)(C)C. The highest BCUT2D eigenvalue weighted by Gasteiger charge is 2.25. The van der Waals surface area contributed by atoms with Gasteiger partial charge in [-0.1, -0.05) is 86.3 Å². The highest BCUT2D eigenvalue weighted by molar-refractivity contribution is 5.31. The van der Waals surface area contributed by atoms with Crippen molar-refractivity contribution >= 4 is 0 Å². The van der Waals surface area contributed by atoms with Gasteiger partial charge < -0.3 is 18.9 Å². The minimum atomic E-state index is 0.586. The van der Waals surface area contributed by atoms with Gasteiger partial charge in [0.1, 0.15) is 24.1 Å². The second-order valence-electron chi connectivity index (χ2n) is 11.4. The van der Waals surface area contributed by atoms with Gasteiger partial charge in [0.25, 0.3) is 0 Å². The molecule has 206 valence electrons. The summed E-state index contributed by atoms with van der Waals surface area (Å²) in [5.74, 6) is 1.79. The maximum Gasteiger partial charge on any atom is 0.120 e. The molecule has 38 heavy (non-hydrogen) atoms. The quantitative estimate of drug-likeness (QED) is 0.131. The molecule has 0 aliphatic rings. The van der Waals surface area contributed by atoms with E-state index in [1.807, 2.05) is 42.5 Å². The van der Waals surface area contributed by atoms with Crippen LogP contribution in [0.1, 0.15) is 49.7 Å². The number of unbranched alkanes of at least 4 members (excludes halogenated alkanes) is 5. The number of likely N-dealkylation sites (N-methyl/N-ethyl adjacent to an activating group) is 2. The average Bonchev–Trinajstić information content (AvgIpc) is 2.92. The van der Waals surface area contributed by atoms with Gasteiger partial charge in [0.15, 0.2) is 0 Å². The Kier molecular flexibility index (Phi) is 12.7. The summed E-state index contributed by atoms with van der Waals surface area (Å²) < 4.78 is 12.8. The van der Waals surface area contributed by atoms with E-state index in [1.165, 1.54) is 49.8 Å². The summed E-state index contributed by atoms with van der Waals surface area (Å²) in [6.45, 7) is 3.68. The first-order valence-corrected chi connectivity index (χ1v) is 14.3. The van der Waals surface area contributed by atoms with Crippen LogP contribution < -0.4 is 9.47 Å². The van der Waals surface area contributed by atoms with E-state index in [4.69, 9.17) is 9.47 Å². The highest BCUT2D eigenvalue weighted by atomic mass is 16.5. The van der Waals surface area contributed by atoms with Gasteiger partial charge in [-0.25, -0.2) is 0 Å². The Balaban J connectivity index is 1.21. The second-order valence-corrected chi connectivity index (χ2v) is 11.4. The fourth-order valence-corrected chi connectivity index (χ4v) is 4.67. The third kappa shape index (κ3) is 11.7. The summed E-state index contributed by atoms with van der Waals surface area (Å²) in [5.41, 5.74) is 2.61. The molecule has 4 heteroatoms. The summed E-state index contributed by atoms with van der Waals surface area (Å²) in [7, 11) is 9.25. The van der Waals surface area contributed by atoms with Crippen molar-refractivity contribution in [1.29, 1.82) is 0 Å². The van der Waals surface area contributed by atoms with Gasteiger partial charge in [0.05, 0.1) is 34.3 Å². The molecular weight excluding hydrogens is 468 g/mol. The number of quaternary nitrogens is 1. The normalized spacial score (nSPS) is 12.4. The minimum absolute atomic E-state index is 0.586. The lowest BCUT2D eigenvalue weighted by atomic mass is 10.0. The molecule has 0 heterocycles. The molecule has 0 aromatic heterocycles. The topological polar surface area (TPSA) is 21.7 Å². The Morgan fingerprint density at radius 3 is 1.76 bits per heavy atom. The molecule has 0 saturated heterocycles. The van der Waals surface area contributed by atoms with Crippen molar-refractivity contribution in [2.75, 3.05) is 47.9 Å². The lowest BCUT2D eigenvalue weighted by Crippen LogP contribution is -2.51. The Morgan fingerprint density at radius 1 is 0.632 bits per heavy atom. The van der Waals surface area contributed by atoms with E-state index in [1.54, 1.807) is 0 Å². The van der Waals surface area contributed by atoms with Crippen LogP contribution in [-0.2, 0) is 13.0 Å². The van der Waals surface area contributed by atoms with Crippen LogP contribution >= 0.6 is 0 Å². The summed E-state index contributed by atoms with van der Waals surface area (Å²) in [6.07, 6.45) is 8.65. The zero-order valence-corrected chi connectivity index (χ0v) is 24.1. The minimum Gasteiger partial charge on any atom is -0.494 e. The molecule has 3 aromatic rings. The lowest BCUT2D eigenvalue weighted by molar-refractivity contribution is -0.895. The summed E-state index contributed by atoms with van der Waals surface area (Å²) >= 11 is 0. The van der Waals surface area contributed by atoms with Gasteiger partial charge in [-0.2, -0.15) is 0 Å². The number of ether oxygens (including phenoxy) is 2. The molecule has 0 amide bonds. The van der Waals surface area contributed by atoms with E-state index in [0.717, 1.165) is 42.0 Å². The molecular formula is C34H49N2O2+. The number of hydrogen-bond donors (Lipinski definition) is 0. The van der Waals surface area contributed by atoms with Crippen molar-refractivity contribution in [2.24, 2.45) is 0 Å². The molecule has 0 aliphatic carbocycles. The summed E-state index contributed by atoms with van der Waals surface area (Å²) in [4.78, 5) is 2.53. The molecule has 0 saturated carbocycles. The fraction of sp³-hybridized carbons (Fsp3) is 0.471. The van der Waals surface area contributed by atoms with Crippen LogP contribution in [0.4, 0.5) is 0 Å². The van der Waals surface area contributed by atoms with Crippen LogP contribution in [-0.4, -0.2) is 63.3 Å². The largest absolute Gasteiger partial charge is 0.494 e. The standard InChI is InChI=1S/C34H49N2O2/c1-35(28-32(36(2,3)4)27-30-17-11-9-12-18-30)25-15-7-5-6-8-16-26-37-33-21-23-34(24-22-33)38-29-31-19-13-10-14-20-31/h9-14,17-24,32H,5-8,15-16,25-29H2,1-4H3/q+1. The fourth-order valence-electron chi connectivity index (χ4n) is 4.67. The molecule has 0 radical (unpaired) electrons. The van der Waals surface area contributed by atoms with Crippen LogP contribution in [0.15, 0.2) is 84.9 Å². The van der Waals surface area contributed by atoms with Crippen molar-refractivity contribution in [3.05, 3.63) is 96.1 Å². The Labute approximate surface area is 231 Å². The van der Waals surface area contributed by atoms with Gasteiger partial charge in [0, 0.05) is 6.42 Å². The highest BCUT2D eigenvalue weighted by Crippen LogP contribution is 2.19. The first-order valence-electron chi connectivity index (χ1n) is 14.3. The first kappa shape index (κ1) is 29.7. The maximum absolute atomic E-state index is 5.93. The van der Waals surface area contributed by atoms with E-state index >= 15 is 0 Å². The van der Waals surface area contributed by atoms with E-state index in [2.05, 4.69) is 75.6 Å². The van der Waals surface area contributed by atoms with Crippen molar-refractivity contribution in [3.63, 3.8) is 0 Å². The van der Waals surface area contributed by atoms with E-state index in [9.17, 15) is 0 Å². The van der Waals surface area contributed by atoms with Crippen LogP contribution in [0.2, 0.25) is 0 Å². The molecule has 0 fully saturated rings. The lowest BCUT2D eigenvalue weighted by Gasteiger charge is -2.36. The Hall–Kier alpha value is -2.82. The molecule has 4 nitrogen and oxygen atoms in total. The Morgan fingerprint density at radius 2 is 1.16 bits per heavy atom. The first-order chi connectivity index (χ1) is 18.4. The molecule has 1 atom stereocenters.